The Morgan fingerprint density at radius 3 is 2.91 bits per heavy atom. The van der Waals surface area contributed by atoms with E-state index < -0.39 is 0 Å². The van der Waals surface area contributed by atoms with Crippen molar-refractivity contribution in [2.45, 2.75) is 5.03 Å². The monoisotopic (exact) mass is 183 g/mol. The molecule has 1 aromatic carbocycles. The van der Waals surface area contributed by atoms with Gasteiger partial charge in [-0.2, -0.15) is 0 Å². The van der Waals surface area contributed by atoms with Crippen LogP contribution in [-0.4, -0.2) is 4.98 Å². The summed E-state index contributed by atoms with van der Waals surface area (Å²) in [6.45, 7) is 0. The Morgan fingerprint density at radius 1 is 1.27 bits per heavy atom. The Labute approximate surface area is 74.8 Å². The van der Waals surface area contributed by atoms with Gasteiger partial charge < -0.3 is 4.98 Å². The second-order valence-electron chi connectivity index (χ2n) is 2.39. The third-order valence-electron chi connectivity index (χ3n) is 1.57. The average molecular weight is 184 g/mol. The minimum atomic E-state index is 0.743. The number of hydrogen-bond donors (Lipinski definition) is 2. The van der Waals surface area contributed by atoms with Gasteiger partial charge in [0.05, 0.1) is 5.03 Å². The number of benzene rings is 1. The molecule has 2 aromatic rings. The Morgan fingerprint density at radius 2 is 2.09 bits per heavy atom. The highest BCUT2D eigenvalue weighted by molar-refractivity contribution is 7.80. The van der Waals surface area contributed by atoms with E-state index in [1.165, 1.54) is 0 Å². The summed E-state index contributed by atoms with van der Waals surface area (Å²) >= 11 is 9.96. The molecule has 0 spiro atoms. The topological polar surface area (TPSA) is 15.8 Å². The van der Waals surface area contributed by atoms with E-state index in [1.54, 1.807) is 0 Å². The van der Waals surface area contributed by atoms with Gasteiger partial charge in [0.15, 0.2) is 0 Å². The summed E-state index contributed by atoms with van der Waals surface area (Å²) < 4.78 is 0. The quantitative estimate of drug-likeness (QED) is 0.584. The molecule has 0 aliphatic carbocycles. The van der Waals surface area contributed by atoms with Crippen molar-refractivity contribution < 1.29 is 0 Å². The molecule has 1 N–H and O–H groups in total. The third kappa shape index (κ3) is 1.24. The maximum atomic E-state index is 5.78. The number of hydrogen-bond acceptors (Lipinski definition) is 1. The molecule has 0 bridgehead atoms. The first kappa shape index (κ1) is 7.07. The Hall–Kier alpha value is -0.600. The van der Waals surface area contributed by atoms with Crippen LogP contribution < -0.4 is 0 Å². The van der Waals surface area contributed by atoms with Crippen molar-refractivity contribution in [3.05, 3.63) is 29.3 Å². The molecule has 0 atom stereocenters. The summed E-state index contributed by atoms with van der Waals surface area (Å²) in [6.07, 6.45) is 0. The largest absolute Gasteiger partial charge is 0.350 e. The van der Waals surface area contributed by atoms with Gasteiger partial charge in [-0.25, -0.2) is 0 Å². The third-order valence-corrected chi connectivity index (χ3v) is 2.05. The average Bonchev–Trinajstić information content (AvgIpc) is 2.27. The van der Waals surface area contributed by atoms with Gasteiger partial charge >= 0.3 is 0 Å². The van der Waals surface area contributed by atoms with Crippen LogP contribution in [-0.2, 0) is 0 Å². The number of aromatic nitrogens is 1. The summed E-state index contributed by atoms with van der Waals surface area (Å²) in [5.41, 5.74) is 1.03. The lowest BCUT2D eigenvalue weighted by molar-refractivity contribution is 1.25. The van der Waals surface area contributed by atoms with Crippen LogP contribution in [0.1, 0.15) is 0 Å². The molecule has 56 valence electrons. The number of rotatable bonds is 0. The van der Waals surface area contributed by atoms with E-state index >= 15 is 0 Å². The van der Waals surface area contributed by atoms with Gasteiger partial charge in [-0.1, -0.05) is 17.7 Å². The van der Waals surface area contributed by atoms with Crippen LogP contribution in [0.4, 0.5) is 0 Å². The molecule has 0 saturated heterocycles. The van der Waals surface area contributed by atoms with Gasteiger partial charge in [0.25, 0.3) is 0 Å². The number of fused-ring (bicyclic) bond motifs is 1. The molecule has 0 radical (unpaired) electrons. The fourth-order valence-corrected chi connectivity index (χ4v) is 1.52. The minimum Gasteiger partial charge on any atom is -0.350 e. The standard InChI is InChI=1S/C8H6ClNS/c9-6-2-1-5-3-8(11)10-7(5)4-6/h1-4,10-11H. The molecule has 1 nitrogen and oxygen atoms in total. The zero-order valence-corrected chi connectivity index (χ0v) is 7.28. The number of thiol groups is 1. The van der Waals surface area contributed by atoms with Gasteiger partial charge in [0.2, 0.25) is 0 Å². The van der Waals surface area contributed by atoms with E-state index in [9.17, 15) is 0 Å². The van der Waals surface area contributed by atoms with Gasteiger partial charge in [0.1, 0.15) is 0 Å². The lowest BCUT2D eigenvalue weighted by Crippen LogP contribution is -1.66. The molecule has 11 heavy (non-hydrogen) atoms. The van der Waals surface area contributed by atoms with Crippen molar-refractivity contribution in [3.63, 3.8) is 0 Å². The first-order valence-corrected chi connectivity index (χ1v) is 4.05. The Bertz CT molecular complexity index is 394. The van der Waals surface area contributed by atoms with Gasteiger partial charge in [-0.3, -0.25) is 0 Å². The van der Waals surface area contributed by atoms with Gasteiger partial charge in [-0.15, -0.1) is 12.6 Å². The van der Waals surface area contributed by atoms with Crippen molar-refractivity contribution >= 4 is 35.1 Å². The number of H-pyrrole nitrogens is 1. The lowest BCUT2D eigenvalue weighted by atomic mass is 10.2. The van der Waals surface area contributed by atoms with E-state index in [0.29, 0.717) is 0 Å². The highest BCUT2D eigenvalue weighted by Crippen LogP contribution is 2.20. The predicted octanol–water partition coefficient (Wildman–Crippen LogP) is 3.11. The molecular weight excluding hydrogens is 178 g/mol. The zero-order chi connectivity index (χ0) is 7.84. The smallest absolute Gasteiger partial charge is 0.0701 e. The molecule has 2 rings (SSSR count). The summed E-state index contributed by atoms with van der Waals surface area (Å²) in [5.74, 6) is 0. The summed E-state index contributed by atoms with van der Waals surface area (Å²) in [7, 11) is 0. The van der Waals surface area contributed by atoms with Crippen molar-refractivity contribution in [1.82, 2.24) is 4.98 Å². The molecule has 0 aliphatic heterocycles. The zero-order valence-electron chi connectivity index (χ0n) is 5.63. The second kappa shape index (κ2) is 2.47. The highest BCUT2D eigenvalue weighted by Gasteiger charge is 1.96. The van der Waals surface area contributed by atoms with Crippen LogP contribution in [0.5, 0.6) is 0 Å². The van der Waals surface area contributed by atoms with E-state index in [2.05, 4.69) is 17.6 Å². The predicted molar refractivity (Wildman–Crippen MR) is 50.6 cm³/mol. The van der Waals surface area contributed by atoms with Crippen LogP contribution >= 0.6 is 24.2 Å². The lowest BCUT2D eigenvalue weighted by Gasteiger charge is -1.88. The molecular formula is C8H6ClNS. The molecule has 1 aromatic heterocycles. The summed E-state index contributed by atoms with van der Waals surface area (Å²) in [4.78, 5) is 3.08. The van der Waals surface area contributed by atoms with Crippen molar-refractivity contribution in [3.8, 4) is 0 Å². The molecule has 0 aliphatic rings. The molecule has 0 unspecified atom stereocenters. The van der Waals surface area contributed by atoms with Crippen LogP contribution in [0, 0.1) is 0 Å². The molecule has 3 heteroatoms. The fraction of sp³-hybridized carbons (Fsp3) is 0. The number of aromatic amines is 1. The van der Waals surface area contributed by atoms with Crippen molar-refractivity contribution in [1.29, 1.82) is 0 Å². The maximum Gasteiger partial charge on any atom is 0.0701 e. The first-order valence-electron chi connectivity index (χ1n) is 3.23. The molecule has 0 saturated carbocycles. The fourth-order valence-electron chi connectivity index (χ4n) is 1.08. The Balaban J connectivity index is 2.82. The molecule has 1 heterocycles. The van der Waals surface area contributed by atoms with Crippen molar-refractivity contribution in [2.75, 3.05) is 0 Å². The summed E-state index contributed by atoms with van der Waals surface area (Å²) in [5, 5.41) is 2.74. The van der Waals surface area contributed by atoms with Crippen LogP contribution in [0.25, 0.3) is 10.9 Å². The number of halogens is 1. The van der Waals surface area contributed by atoms with E-state index in [4.69, 9.17) is 11.6 Å². The van der Waals surface area contributed by atoms with E-state index in [-0.39, 0.29) is 0 Å². The van der Waals surface area contributed by atoms with Crippen LogP contribution in [0.3, 0.4) is 0 Å². The molecule has 0 amide bonds. The first-order chi connectivity index (χ1) is 5.25. The maximum absolute atomic E-state index is 5.78. The number of nitrogens with one attached hydrogen (secondary N) is 1. The summed E-state index contributed by atoms with van der Waals surface area (Å²) in [6, 6.07) is 7.68. The van der Waals surface area contributed by atoms with Crippen LogP contribution in [0.15, 0.2) is 29.3 Å². The SMILES string of the molecule is Sc1cc2ccc(Cl)cc2[nH]1. The molecule has 0 fully saturated rings. The van der Waals surface area contributed by atoms with E-state index in [1.807, 2.05) is 24.3 Å². The Kier molecular flexibility index (Phi) is 1.59. The van der Waals surface area contributed by atoms with Crippen LogP contribution in [0.2, 0.25) is 5.02 Å². The second-order valence-corrected chi connectivity index (χ2v) is 3.30. The van der Waals surface area contributed by atoms with Crippen molar-refractivity contribution in [2.24, 2.45) is 0 Å². The van der Waals surface area contributed by atoms with Gasteiger partial charge in [-0.05, 0) is 18.2 Å². The van der Waals surface area contributed by atoms with Gasteiger partial charge in [0, 0.05) is 15.9 Å². The van der Waals surface area contributed by atoms with E-state index in [0.717, 1.165) is 21.0 Å². The minimum absolute atomic E-state index is 0.743. The highest BCUT2D eigenvalue weighted by atomic mass is 35.5. The normalized spacial score (nSPS) is 10.7.